The quantitative estimate of drug-likeness (QED) is 0.444. The van der Waals surface area contributed by atoms with Crippen molar-refractivity contribution < 1.29 is 9.47 Å². The molecule has 1 saturated carbocycles. The zero-order valence-corrected chi connectivity index (χ0v) is 14.0. The van der Waals surface area contributed by atoms with E-state index in [0.29, 0.717) is 19.1 Å². The van der Waals surface area contributed by atoms with Crippen LogP contribution in [0, 0.1) is 17.3 Å². The smallest absolute Gasteiger partial charge is 0.0645 e. The van der Waals surface area contributed by atoms with E-state index in [1.165, 1.54) is 38.5 Å². The average molecular weight is 304 g/mol. The Morgan fingerprint density at radius 1 is 0.955 bits per heavy atom. The molecule has 0 heterocycles. The van der Waals surface area contributed by atoms with Gasteiger partial charge in [0.15, 0.2) is 0 Å². The van der Waals surface area contributed by atoms with E-state index in [4.69, 9.17) is 9.47 Å². The summed E-state index contributed by atoms with van der Waals surface area (Å²) in [6, 6.07) is 0. The Labute approximate surface area is 136 Å². The highest BCUT2D eigenvalue weighted by molar-refractivity contribution is 5.05. The molecule has 2 nitrogen and oxygen atoms in total. The molecule has 2 heteroatoms. The Morgan fingerprint density at radius 2 is 1.59 bits per heavy atom. The Morgan fingerprint density at radius 3 is 2.18 bits per heavy atom. The molecular weight excluding hydrogens is 272 g/mol. The predicted octanol–water partition coefficient (Wildman–Crippen LogP) is 4.92. The molecule has 0 saturated heterocycles. The highest BCUT2D eigenvalue weighted by atomic mass is 16.5. The summed E-state index contributed by atoms with van der Waals surface area (Å²) in [5.74, 6) is 1.52. The Kier molecular flexibility index (Phi) is 7.41. The molecule has 0 aliphatic heterocycles. The summed E-state index contributed by atoms with van der Waals surface area (Å²) in [5.41, 5.74) is 0.128. The summed E-state index contributed by atoms with van der Waals surface area (Å²) < 4.78 is 11.8. The van der Waals surface area contributed by atoms with Gasteiger partial charge in [-0.2, -0.15) is 0 Å². The van der Waals surface area contributed by atoms with Crippen molar-refractivity contribution in [1.29, 1.82) is 0 Å². The number of allylic oxidation sites excluding steroid dienone is 2. The molecule has 1 unspecified atom stereocenters. The van der Waals surface area contributed by atoms with Gasteiger partial charge in [-0.3, -0.25) is 0 Å². The molecule has 2 aliphatic carbocycles. The van der Waals surface area contributed by atoms with Crippen LogP contribution in [0.25, 0.3) is 0 Å². The van der Waals surface area contributed by atoms with E-state index in [-0.39, 0.29) is 5.41 Å². The predicted molar refractivity (Wildman–Crippen MR) is 92.9 cm³/mol. The number of hydrogen-bond acceptors (Lipinski definition) is 2. The van der Waals surface area contributed by atoms with Crippen LogP contribution in [0.2, 0.25) is 0 Å². The van der Waals surface area contributed by atoms with Crippen LogP contribution in [-0.2, 0) is 9.47 Å². The second-order valence-electron chi connectivity index (χ2n) is 6.89. The molecule has 0 aromatic heterocycles. The van der Waals surface area contributed by atoms with E-state index in [9.17, 15) is 0 Å². The molecule has 124 valence electrons. The molecule has 0 aromatic carbocycles. The van der Waals surface area contributed by atoms with E-state index in [0.717, 1.165) is 25.6 Å². The summed E-state index contributed by atoms with van der Waals surface area (Å²) in [4.78, 5) is 0. The molecule has 0 amide bonds. The fraction of sp³-hybridized carbons (Fsp3) is 0.700. The highest BCUT2D eigenvalue weighted by Crippen LogP contribution is 2.47. The van der Waals surface area contributed by atoms with Crippen LogP contribution >= 0.6 is 0 Å². The molecule has 2 aliphatic rings. The van der Waals surface area contributed by atoms with Gasteiger partial charge >= 0.3 is 0 Å². The molecule has 1 atom stereocenters. The van der Waals surface area contributed by atoms with Gasteiger partial charge in [0, 0.05) is 5.41 Å². The lowest BCUT2D eigenvalue weighted by atomic mass is 9.61. The van der Waals surface area contributed by atoms with Crippen LogP contribution in [0.15, 0.2) is 37.5 Å². The second-order valence-corrected chi connectivity index (χ2v) is 6.89. The summed E-state index contributed by atoms with van der Waals surface area (Å²) in [5, 5.41) is 0. The number of rotatable bonds is 9. The molecule has 0 radical (unpaired) electrons. The van der Waals surface area contributed by atoms with Crippen LogP contribution in [0.1, 0.15) is 44.9 Å². The van der Waals surface area contributed by atoms with E-state index in [2.05, 4.69) is 25.3 Å². The molecular formula is C20H32O2. The van der Waals surface area contributed by atoms with Crippen LogP contribution in [-0.4, -0.2) is 26.4 Å². The van der Waals surface area contributed by atoms with E-state index in [1.54, 1.807) is 0 Å². The van der Waals surface area contributed by atoms with Crippen molar-refractivity contribution >= 4 is 0 Å². The van der Waals surface area contributed by atoms with Crippen molar-refractivity contribution in [3.63, 3.8) is 0 Å². The van der Waals surface area contributed by atoms with Gasteiger partial charge in [0.05, 0.1) is 26.4 Å². The fourth-order valence-corrected chi connectivity index (χ4v) is 4.26. The fourth-order valence-electron chi connectivity index (χ4n) is 4.26. The molecule has 2 rings (SSSR count). The molecule has 0 bridgehead atoms. The van der Waals surface area contributed by atoms with Crippen molar-refractivity contribution in [1.82, 2.24) is 0 Å². The zero-order chi connectivity index (χ0) is 15.7. The van der Waals surface area contributed by atoms with Gasteiger partial charge < -0.3 is 9.47 Å². The molecule has 0 N–H and O–H groups in total. The molecule has 22 heavy (non-hydrogen) atoms. The van der Waals surface area contributed by atoms with Crippen LogP contribution in [0.3, 0.4) is 0 Å². The summed E-state index contributed by atoms with van der Waals surface area (Å²) in [6.07, 6.45) is 17.6. The van der Waals surface area contributed by atoms with Gasteiger partial charge in [-0.25, -0.2) is 0 Å². The minimum atomic E-state index is 0.128. The van der Waals surface area contributed by atoms with Crippen LogP contribution in [0.5, 0.6) is 0 Å². The van der Waals surface area contributed by atoms with Gasteiger partial charge in [0.2, 0.25) is 0 Å². The number of ether oxygens (including phenoxy) is 2. The standard InChI is InChI=1S/C20H32O2/c1-3-14-21-16-20(17-22-15-4-2)13-9-8-12-19(20)18-10-6-5-7-11-18/h3-4,8-9,18-19H,1-2,5-7,10-17H2. The first-order valence-electron chi connectivity index (χ1n) is 8.84. The first-order valence-corrected chi connectivity index (χ1v) is 8.84. The lowest BCUT2D eigenvalue weighted by Gasteiger charge is -2.46. The largest absolute Gasteiger partial charge is 0.377 e. The zero-order valence-electron chi connectivity index (χ0n) is 14.0. The van der Waals surface area contributed by atoms with Gasteiger partial charge in [0.25, 0.3) is 0 Å². The third-order valence-electron chi connectivity index (χ3n) is 5.34. The Bertz CT molecular complexity index is 352. The maximum absolute atomic E-state index is 5.92. The highest BCUT2D eigenvalue weighted by Gasteiger charge is 2.43. The first kappa shape index (κ1) is 17.5. The van der Waals surface area contributed by atoms with E-state index in [1.807, 2.05) is 12.2 Å². The summed E-state index contributed by atoms with van der Waals surface area (Å²) in [7, 11) is 0. The van der Waals surface area contributed by atoms with Gasteiger partial charge in [0.1, 0.15) is 0 Å². The van der Waals surface area contributed by atoms with Crippen LogP contribution in [0.4, 0.5) is 0 Å². The SMILES string of the molecule is C=CCOCC1(COCC=C)CC=CCC1C1CCCCC1. The average Bonchev–Trinajstić information content (AvgIpc) is 2.57. The van der Waals surface area contributed by atoms with Crippen LogP contribution < -0.4 is 0 Å². The lowest BCUT2D eigenvalue weighted by molar-refractivity contribution is -0.0669. The monoisotopic (exact) mass is 304 g/mol. The summed E-state index contributed by atoms with van der Waals surface area (Å²) in [6.45, 7) is 10.4. The maximum Gasteiger partial charge on any atom is 0.0645 e. The van der Waals surface area contributed by atoms with Crippen molar-refractivity contribution in [2.24, 2.45) is 17.3 Å². The van der Waals surface area contributed by atoms with E-state index < -0.39 is 0 Å². The Balaban J connectivity index is 2.10. The third-order valence-corrected chi connectivity index (χ3v) is 5.34. The first-order chi connectivity index (χ1) is 10.8. The summed E-state index contributed by atoms with van der Waals surface area (Å²) >= 11 is 0. The minimum Gasteiger partial charge on any atom is -0.377 e. The van der Waals surface area contributed by atoms with Gasteiger partial charge in [-0.05, 0) is 24.7 Å². The third kappa shape index (κ3) is 4.57. The van der Waals surface area contributed by atoms with Crippen molar-refractivity contribution in [3.8, 4) is 0 Å². The number of hydrogen-bond donors (Lipinski definition) is 0. The Hall–Kier alpha value is -0.860. The van der Waals surface area contributed by atoms with Crippen molar-refractivity contribution in [2.75, 3.05) is 26.4 Å². The molecule has 0 aromatic rings. The molecule has 1 fully saturated rings. The minimum absolute atomic E-state index is 0.128. The van der Waals surface area contributed by atoms with Crippen molar-refractivity contribution in [3.05, 3.63) is 37.5 Å². The molecule has 0 spiro atoms. The van der Waals surface area contributed by atoms with Crippen molar-refractivity contribution in [2.45, 2.75) is 44.9 Å². The second kappa shape index (κ2) is 9.32. The van der Waals surface area contributed by atoms with E-state index >= 15 is 0 Å². The lowest BCUT2D eigenvalue weighted by Crippen LogP contribution is -2.44. The topological polar surface area (TPSA) is 18.5 Å². The maximum atomic E-state index is 5.92. The van der Waals surface area contributed by atoms with Gasteiger partial charge in [-0.15, -0.1) is 13.2 Å². The van der Waals surface area contributed by atoms with Gasteiger partial charge in [-0.1, -0.05) is 56.4 Å². The normalized spacial score (nSPS) is 25.0.